The van der Waals surface area contributed by atoms with Crippen LogP contribution in [0.1, 0.15) is 34.9 Å². The van der Waals surface area contributed by atoms with E-state index in [0.29, 0.717) is 5.92 Å². The van der Waals surface area contributed by atoms with Crippen LogP contribution in [0.4, 0.5) is 5.95 Å². The minimum atomic E-state index is 0.179. The lowest BCUT2D eigenvalue weighted by Gasteiger charge is -2.32. The van der Waals surface area contributed by atoms with E-state index < -0.39 is 0 Å². The second kappa shape index (κ2) is 6.51. The highest BCUT2D eigenvalue weighted by Crippen LogP contribution is 2.49. The SMILES string of the molecule is Cc1ccc(C2CC2C(=O)NC2CCN(c3ncccn3)CC2)s1. The molecule has 4 rings (SSSR count). The fourth-order valence-electron chi connectivity index (χ4n) is 3.44. The van der Waals surface area contributed by atoms with Crippen LogP contribution in [0.2, 0.25) is 0 Å². The van der Waals surface area contributed by atoms with Crippen LogP contribution in [0.3, 0.4) is 0 Å². The Hall–Kier alpha value is -1.95. The van der Waals surface area contributed by atoms with E-state index in [1.165, 1.54) is 9.75 Å². The molecule has 0 spiro atoms. The largest absolute Gasteiger partial charge is 0.353 e. The van der Waals surface area contributed by atoms with Crippen LogP contribution in [-0.4, -0.2) is 35.0 Å². The van der Waals surface area contributed by atoms with E-state index in [-0.39, 0.29) is 17.9 Å². The zero-order valence-corrected chi connectivity index (χ0v) is 14.6. The summed E-state index contributed by atoms with van der Waals surface area (Å²) in [6.45, 7) is 3.91. The minimum Gasteiger partial charge on any atom is -0.353 e. The second-order valence-electron chi connectivity index (χ2n) is 6.72. The fourth-order valence-corrected chi connectivity index (χ4v) is 4.49. The number of thiophene rings is 1. The van der Waals surface area contributed by atoms with E-state index in [4.69, 9.17) is 0 Å². The quantitative estimate of drug-likeness (QED) is 0.928. The standard InChI is InChI=1S/C18H22N4OS/c1-12-3-4-16(24-12)14-11-15(14)17(23)21-13-5-9-22(10-6-13)18-19-7-2-8-20-18/h2-4,7-8,13-15H,5-6,9-11H2,1H3,(H,21,23). The predicted octanol–water partition coefficient (Wildman–Crippen LogP) is 2.74. The smallest absolute Gasteiger partial charge is 0.225 e. The number of nitrogens with one attached hydrogen (secondary N) is 1. The van der Waals surface area contributed by atoms with E-state index in [2.05, 4.69) is 39.2 Å². The molecule has 1 saturated carbocycles. The van der Waals surface area contributed by atoms with Crippen LogP contribution in [0.15, 0.2) is 30.6 Å². The van der Waals surface area contributed by atoms with E-state index >= 15 is 0 Å². The molecule has 2 unspecified atom stereocenters. The number of aromatic nitrogens is 2. The molecule has 3 heterocycles. The molecule has 1 aliphatic heterocycles. The Morgan fingerprint density at radius 2 is 2.00 bits per heavy atom. The summed E-state index contributed by atoms with van der Waals surface area (Å²) in [5.74, 6) is 1.65. The molecule has 1 aliphatic carbocycles. The number of carbonyl (C=O) groups excluding carboxylic acids is 1. The molecule has 5 nitrogen and oxygen atoms in total. The Labute approximate surface area is 146 Å². The molecular formula is C18H22N4OS. The zero-order chi connectivity index (χ0) is 16.5. The fraction of sp³-hybridized carbons (Fsp3) is 0.500. The molecule has 6 heteroatoms. The van der Waals surface area contributed by atoms with Crippen molar-refractivity contribution in [2.45, 2.75) is 38.1 Å². The predicted molar refractivity (Wildman–Crippen MR) is 95.3 cm³/mol. The maximum atomic E-state index is 12.5. The Morgan fingerprint density at radius 3 is 2.67 bits per heavy atom. The Morgan fingerprint density at radius 1 is 1.25 bits per heavy atom. The van der Waals surface area contributed by atoms with Crippen LogP contribution in [0.25, 0.3) is 0 Å². The van der Waals surface area contributed by atoms with Gasteiger partial charge in [-0.2, -0.15) is 0 Å². The number of anilines is 1. The highest BCUT2D eigenvalue weighted by Gasteiger charge is 2.45. The molecule has 2 aliphatic rings. The van der Waals surface area contributed by atoms with Crippen molar-refractivity contribution in [1.82, 2.24) is 15.3 Å². The van der Waals surface area contributed by atoms with Gasteiger partial charge in [0.15, 0.2) is 0 Å². The first-order valence-corrected chi connectivity index (χ1v) is 9.41. The lowest BCUT2D eigenvalue weighted by Crippen LogP contribution is -2.45. The van der Waals surface area contributed by atoms with Gasteiger partial charge in [0.05, 0.1) is 0 Å². The van der Waals surface area contributed by atoms with Gasteiger partial charge in [0, 0.05) is 53.1 Å². The van der Waals surface area contributed by atoms with Crippen molar-refractivity contribution >= 4 is 23.2 Å². The second-order valence-corrected chi connectivity index (χ2v) is 8.04. The van der Waals surface area contributed by atoms with Crippen LogP contribution < -0.4 is 10.2 Å². The monoisotopic (exact) mass is 342 g/mol. The number of carbonyl (C=O) groups is 1. The summed E-state index contributed by atoms with van der Waals surface area (Å²) in [6.07, 6.45) is 6.47. The molecular weight excluding hydrogens is 320 g/mol. The van der Waals surface area contributed by atoms with Crippen molar-refractivity contribution in [2.75, 3.05) is 18.0 Å². The van der Waals surface area contributed by atoms with Gasteiger partial charge in [0.1, 0.15) is 0 Å². The van der Waals surface area contributed by atoms with Crippen LogP contribution in [-0.2, 0) is 4.79 Å². The molecule has 126 valence electrons. The third-order valence-electron chi connectivity index (χ3n) is 4.93. The molecule has 1 amide bonds. The molecule has 0 aromatic carbocycles. The van der Waals surface area contributed by atoms with Gasteiger partial charge in [0.25, 0.3) is 0 Å². The normalized spacial score (nSPS) is 24.0. The molecule has 2 atom stereocenters. The first-order valence-electron chi connectivity index (χ1n) is 8.59. The maximum absolute atomic E-state index is 12.5. The highest BCUT2D eigenvalue weighted by atomic mass is 32.1. The maximum Gasteiger partial charge on any atom is 0.225 e. The summed E-state index contributed by atoms with van der Waals surface area (Å²) >= 11 is 1.82. The molecule has 2 fully saturated rings. The highest BCUT2D eigenvalue weighted by molar-refractivity contribution is 7.12. The van der Waals surface area contributed by atoms with Crippen molar-refractivity contribution in [1.29, 1.82) is 0 Å². The van der Waals surface area contributed by atoms with Crippen molar-refractivity contribution in [2.24, 2.45) is 5.92 Å². The van der Waals surface area contributed by atoms with Gasteiger partial charge in [0.2, 0.25) is 11.9 Å². The zero-order valence-electron chi connectivity index (χ0n) is 13.8. The first-order chi connectivity index (χ1) is 11.7. The summed E-state index contributed by atoms with van der Waals surface area (Å²) in [5, 5.41) is 3.26. The van der Waals surface area contributed by atoms with E-state index in [0.717, 1.165) is 38.3 Å². The van der Waals surface area contributed by atoms with Crippen molar-refractivity contribution in [3.8, 4) is 0 Å². The number of hydrogen-bond acceptors (Lipinski definition) is 5. The average molecular weight is 342 g/mol. The van der Waals surface area contributed by atoms with Gasteiger partial charge in [-0.1, -0.05) is 0 Å². The topological polar surface area (TPSA) is 58.1 Å². The van der Waals surface area contributed by atoms with E-state index in [1.54, 1.807) is 12.4 Å². The minimum absolute atomic E-state index is 0.179. The number of hydrogen-bond donors (Lipinski definition) is 1. The van der Waals surface area contributed by atoms with Crippen molar-refractivity contribution in [3.05, 3.63) is 40.3 Å². The Bertz CT molecular complexity index is 709. The molecule has 1 saturated heterocycles. The van der Waals surface area contributed by atoms with Gasteiger partial charge in [-0.15, -0.1) is 11.3 Å². The van der Waals surface area contributed by atoms with Gasteiger partial charge in [-0.05, 0) is 44.4 Å². The summed E-state index contributed by atoms with van der Waals surface area (Å²) in [7, 11) is 0. The summed E-state index contributed by atoms with van der Waals surface area (Å²) in [6, 6.07) is 6.44. The Balaban J connectivity index is 1.26. The lowest BCUT2D eigenvalue weighted by atomic mass is 10.0. The Kier molecular flexibility index (Phi) is 4.22. The van der Waals surface area contributed by atoms with Crippen molar-refractivity contribution in [3.63, 3.8) is 0 Å². The first kappa shape index (κ1) is 15.6. The van der Waals surface area contributed by atoms with Gasteiger partial charge >= 0.3 is 0 Å². The molecule has 1 N–H and O–H groups in total. The summed E-state index contributed by atoms with van der Waals surface area (Å²) in [5.41, 5.74) is 0. The van der Waals surface area contributed by atoms with Crippen LogP contribution in [0, 0.1) is 12.8 Å². The number of amides is 1. The van der Waals surface area contributed by atoms with Crippen LogP contribution in [0.5, 0.6) is 0 Å². The summed E-state index contributed by atoms with van der Waals surface area (Å²) < 4.78 is 0. The third-order valence-corrected chi connectivity index (χ3v) is 6.06. The third kappa shape index (κ3) is 3.29. The van der Waals surface area contributed by atoms with Gasteiger partial charge in [-0.25, -0.2) is 9.97 Å². The molecule has 24 heavy (non-hydrogen) atoms. The number of nitrogens with zero attached hydrogens (tertiary/aromatic N) is 3. The molecule has 0 radical (unpaired) electrons. The van der Waals surface area contributed by atoms with Gasteiger partial charge < -0.3 is 10.2 Å². The number of piperidine rings is 1. The van der Waals surface area contributed by atoms with Gasteiger partial charge in [-0.3, -0.25) is 4.79 Å². The van der Waals surface area contributed by atoms with Crippen LogP contribution >= 0.6 is 11.3 Å². The van der Waals surface area contributed by atoms with Crippen molar-refractivity contribution < 1.29 is 4.79 Å². The summed E-state index contributed by atoms with van der Waals surface area (Å²) in [4.78, 5) is 26.0. The molecule has 2 aromatic rings. The number of rotatable bonds is 4. The molecule has 0 bridgehead atoms. The average Bonchev–Trinajstić information content (AvgIpc) is 3.31. The lowest BCUT2D eigenvalue weighted by molar-refractivity contribution is -0.123. The van der Waals surface area contributed by atoms with E-state index in [9.17, 15) is 4.79 Å². The van der Waals surface area contributed by atoms with E-state index in [1.807, 2.05) is 17.4 Å². The number of aryl methyl sites for hydroxylation is 1. The molecule has 2 aromatic heterocycles.